The highest BCUT2D eigenvalue weighted by molar-refractivity contribution is 5.56. The number of ether oxygens (including phenoxy) is 1. The van der Waals surface area contributed by atoms with E-state index >= 15 is 0 Å². The SMILES string of the molecule is CC1OCC2CC(C=O)C21. The van der Waals surface area contributed by atoms with Gasteiger partial charge in [-0.25, -0.2) is 0 Å². The molecule has 0 aromatic heterocycles. The van der Waals surface area contributed by atoms with Crippen LogP contribution in [0.1, 0.15) is 13.3 Å². The van der Waals surface area contributed by atoms with Gasteiger partial charge in [-0.15, -0.1) is 0 Å². The first-order valence-electron chi connectivity index (χ1n) is 3.90. The summed E-state index contributed by atoms with van der Waals surface area (Å²) in [5, 5.41) is 0. The first-order chi connectivity index (χ1) is 4.83. The Morgan fingerprint density at radius 1 is 1.60 bits per heavy atom. The molecule has 1 saturated heterocycles. The topological polar surface area (TPSA) is 26.3 Å². The number of aldehydes is 1. The van der Waals surface area contributed by atoms with Crippen molar-refractivity contribution in [1.82, 2.24) is 0 Å². The van der Waals surface area contributed by atoms with Gasteiger partial charge in [0, 0.05) is 5.92 Å². The number of fused-ring (bicyclic) bond motifs is 1. The molecule has 4 unspecified atom stereocenters. The molecule has 1 aliphatic heterocycles. The van der Waals surface area contributed by atoms with E-state index in [1.165, 1.54) is 0 Å². The summed E-state index contributed by atoms with van der Waals surface area (Å²) in [6.45, 7) is 2.95. The van der Waals surface area contributed by atoms with Gasteiger partial charge >= 0.3 is 0 Å². The van der Waals surface area contributed by atoms with Gasteiger partial charge < -0.3 is 9.53 Å². The first kappa shape index (κ1) is 6.35. The van der Waals surface area contributed by atoms with E-state index in [0.717, 1.165) is 19.3 Å². The lowest BCUT2D eigenvalue weighted by atomic mass is 9.65. The number of hydrogen-bond acceptors (Lipinski definition) is 2. The fourth-order valence-corrected chi connectivity index (χ4v) is 2.26. The lowest BCUT2D eigenvalue weighted by Crippen LogP contribution is -2.39. The molecule has 0 aromatic rings. The molecule has 4 atom stereocenters. The molecule has 1 saturated carbocycles. The van der Waals surface area contributed by atoms with Gasteiger partial charge in [0.2, 0.25) is 0 Å². The molecule has 2 heteroatoms. The number of rotatable bonds is 1. The van der Waals surface area contributed by atoms with Crippen molar-refractivity contribution >= 4 is 6.29 Å². The molecule has 2 nitrogen and oxygen atoms in total. The Bertz CT molecular complexity index is 149. The van der Waals surface area contributed by atoms with E-state index in [1.807, 2.05) is 0 Å². The summed E-state index contributed by atoms with van der Waals surface area (Å²) in [4.78, 5) is 10.4. The van der Waals surface area contributed by atoms with Gasteiger partial charge in [-0.2, -0.15) is 0 Å². The van der Waals surface area contributed by atoms with Gasteiger partial charge in [0.25, 0.3) is 0 Å². The van der Waals surface area contributed by atoms with Crippen molar-refractivity contribution in [2.75, 3.05) is 6.61 Å². The van der Waals surface area contributed by atoms with Gasteiger partial charge in [-0.05, 0) is 25.2 Å². The van der Waals surface area contributed by atoms with E-state index in [0.29, 0.717) is 23.9 Å². The van der Waals surface area contributed by atoms with Crippen LogP contribution in [0.3, 0.4) is 0 Å². The maximum Gasteiger partial charge on any atom is 0.123 e. The van der Waals surface area contributed by atoms with Crippen LogP contribution in [0.25, 0.3) is 0 Å². The smallest absolute Gasteiger partial charge is 0.123 e. The third-order valence-corrected chi connectivity index (χ3v) is 2.90. The zero-order valence-electron chi connectivity index (χ0n) is 6.12. The van der Waals surface area contributed by atoms with Crippen LogP contribution in [0, 0.1) is 17.8 Å². The van der Waals surface area contributed by atoms with Gasteiger partial charge in [-0.3, -0.25) is 0 Å². The third-order valence-electron chi connectivity index (χ3n) is 2.90. The van der Waals surface area contributed by atoms with Crippen molar-refractivity contribution in [1.29, 1.82) is 0 Å². The van der Waals surface area contributed by atoms with E-state index < -0.39 is 0 Å². The highest BCUT2D eigenvalue weighted by atomic mass is 16.5. The average Bonchev–Trinajstić information content (AvgIpc) is 2.09. The molecule has 1 heterocycles. The van der Waals surface area contributed by atoms with Crippen molar-refractivity contribution < 1.29 is 9.53 Å². The molecule has 10 heavy (non-hydrogen) atoms. The standard InChI is InChI=1S/C8H12O2/c1-5-8-6(3-9)2-7(8)4-10-5/h3,5-8H,2,4H2,1H3. The molecule has 0 N–H and O–H groups in total. The largest absolute Gasteiger partial charge is 0.378 e. The average molecular weight is 140 g/mol. The molecule has 0 radical (unpaired) electrons. The highest BCUT2D eigenvalue weighted by Crippen LogP contribution is 2.46. The molecule has 2 fully saturated rings. The molecule has 0 aromatic carbocycles. The molecule has 0 amide bonds. The molecular weight excluding hydrogens is 128 g/mol. The van der Waals surface area contributed by atoms with Crippen molar-refractivity contribution in [3.63, 3.8) is 0 Å². The van der Waals surface area contributed by atoms with Gasteiger partial charge in [0.15, 0.2) is 0 Å². The van der Waals surface area contributed by atoms with E-state index in [4.69, 9.17) is 4.74 Å². The summed E-state index contributed by atoms with van der Waals surface area (Å²) in [6.07, 6.45) is 2.49. The summed E-state index contributed by atoms with van der Waals surface area (Å²) < 4.78 is 5.41. The summed E-state index contributed by atoms with van der Waals surface area (Å²) in [5.41, 5.74) is 0. The second kappa shape index (κ2) is 2.06. The van der Waals surface area contributed by atoms with E-state index in [1.54, 1.807) is 0 Å². The molecule has 2 aliphatic rings. The second-order valence-electron chi connectivity index (χ2n) is 3.41. The Morgan fingerprint density at radius 3 is 3.00 bits per heavy atom. The predicted octanol–water partition coefficient (Wildman–Crippen LogP) is 0.856. The predicted molar refractivity (Wildman–Crippen MR) is 36.6 cm³/mol. The van der Waals surface area contributed by atoms with Gasteiger partial charge in [-0.1, -0.05) is 0 Å². The second-order valence-corrected chi connectivity index (χ2v) is 3.41. The maximum atomic E-state index is 10.4. The lowest BCUT2D eigenvalue weighted by molar-refractivity contribution is -0.117. The molecule has 0 spiro atoms. The fourth-order valence-electron chi connectivity index (χ4n) is 2.26. The van der Waals surface area contributed by atoms with Crippen LogP contribution < -0.4 is 0 Å². The summed E-state index contributed by atoms with van der Waals surface area (Å²) >= 11 is 0. The number of carbonyl (C=O) groups is 1. The minimum Gasteiger partial charge on any atom is -0.378 e. The molecule has 1 aliphatic carbocycles. The summed E-state index contributed by atoms with van der Waals surface area (Å²) in [5.74, 6) is 1.56. The van der Waals surface area contributed by atoms with E-state index in [9.17, 15) is 4.79 Å². The first-order valence-corrected chi connectivity index (χ1v) is 3.90. The molecule has 0 bridgehead atoms. The van der Waals surface area contributed by atoms with Crippen LogP contribution >= 0.6 is 0 Å². The quantitative estimate of drug-likeness (QED) is 0.505. The zero-order valence-corrected chi connectivity index (χ0v) is 6.12. The number of hydrogen-bond donors (Lipinski definition) is 0. The molecule has 2 rings (SSSR count). The Kier molecular flexibility index (Phi) is 1.31. The summed E-state index contributed by atoms with van der Waals surface area (Å²) in [6, 6.07) is 0. The highest BCUT2D eigenvalue weighted by Gasteiger charge is 2.48. The lowest BCUT2D eigenvalue weighted by Gasteiger charge is -2.36. The Hall–Kier alpha value is -0.370. The molecular formula is C8H12O2. The van der Waals surface area contributed by atoms with Crippen molar-refractivity contribution in [3.8, 4) is 0 Å². The van der Waals surface area contributed by atoms with Crippen LogP contribution in [0.15, 0.2) is 0 Å². The van der Waals surface area contributed by atoms with E-state index in [2.05, 4.69) is 6.92 Å². The minimum absolute atomic E-state index is 0.308. The van der Waals surface area contributed by atoms with Crippen LogP contribution in [0.2, 0.25) is 0 Å². The molecule has 56 valence electrons. The number of carbonyl (C=O) groups excluding carboxylic acids is 1. The van der Waals surface area contributed by atoms with Crippen molar-refractivity contribution in [2.24, 2.45) is 17.8 Å². The minimum atomic E-state index is 0.308. The Morgan fingerprint density at radius 2 is 2.40 bits per heavy atom. The summed E-state index contributed by atoms with van der Waals surface area (Å²) in [7, 11) is 0. The van der Waals surface area contributed by atoms with Crippen molar-refractivity contribution in [3.05, 3.63) is 0 Å². The fraction of sp³-hybridized carbons (Fsp3) is 0.875. The van der Waals surface area contributed by atoms with Crippen LogP contribution in [0.4, 0.5) is 0 Å². The van der Waals surface area contributed by atoms with Crippen molar-refractivity contribution in [2.45, 2.75) is 19.4 Å². The van der Waals surface area contributed by atoms with E-state index in [-0.39, 0.29) is 0 Å². The maximum absolute atomic E-state index is 10.4. The Balaban J connectivity index is 2.05. The van der Waals surface area contributed by atoms with Crippen LogP contribution in [-0.2, 0) is 9.53 Å². The van der Waals surface area contributed by atoms with Gasteiger partial charge in [0.1, 0.15) is 6.29 Å². The third kappa shape index (κ3) is 0.655. The zero-order chi connectivity index (χ0) is 7.14. The monoisotopic (exact) mass is 140 g/mol. The van der Waals surface area contributed by atoms with Crippen LogP contribution in [-0.4, -0.2) is 19.0 Å². The van der Waals surface area contributed by atoms with Gasteiger partial charge in [0.05, 0.1) is 12.7 Å². The van der Waals surface area contributed by atoms with Crippen LogP contribution in [0.5, 0.6) is 0 Å². The Labute approximate surface area is 60.6 Å². The normalized spacial score (nSPS) is 51.7.